The van der Waals surface area contributed by atoms with E-state index < -0.39 is 11.9 Å². The number of hydrogen-bond acceptors (Lipinski definition) is 4. The largest absolute Gasteiger partial charge is 0.326 e. The molecule has 1 aromatic rings. The first-order chi connectivity index (χ1) is 12.5. The Labute approximate surface area is 154 Å². The number of benzene rings is 1. The van der Waals surface area contributed by atoms with Gasteiger partial charge in [0.1, 0.15) is 6.04 Å². The normalized spacial score (nSPS) is 18.0. The number of fused-ring (bicyclic) bond motifs is 1. The van der Waals surface area contributed by atoms with Crippen LogP contribution in [0.25, 0.3) is 0 Å². The average molecular weight is 361 g/mol. The Bertz CT molecular complexity index is 700. The van der Waals surface area contributed by atoms with E-state index in [-0.39, 0.29) is 24.1 Å². The van der Waals surface area contributed by atoms with E-state index in [0.717, 1.165) is 5.56 Å². The van der Waals surface area contributed by atoms with Gasteiger partial charge >= 0.3 is 0 Å². The molecule has 3 rings (SSSR count). The van der Waals surface area contributed by atoms with Gasteiger partial charge in [0.05, 0.1) is 0 Å². The van der Waals surface area contributed by atoms with Crippen LogP contribution in [-0.4, -0.2) is 34.6 Å². The molecule has 0 radical (unpaired) electrons. The van der Waals surface area contributed by atoms with E-state index in [1.54, 1.807) is 18.2 Å². The predicted octanol–water partition coefficient (Wildman–Crippen LogP) is 2.46. The van der Waals surface area contributed by atoms with Crippen molar-refractivity contribution in [3.8, 4) is 0 Å². The summed E-state index contributed by atoms with van der Waals surface area (Å²) in [5.41, 5.74) is 1.91. The summed E-state index contributed by atoms with van der Waals surface area (Å²) in [6.07, 6.45) is 0.566. The van der Waals surface area contributed by atoms with E-state index in [9.17, 15) is 19.2 Å². The lowest BCUT2D eigenvalue weighted by Crippen LogP contribution is -2.52. The highest BCUT2D eigenvalue weighted by atomic mass is 16.2. The van der Waals surface area contributed by atoms with E-state index in [1.807, 2.05) is 27.7 Å². The maximum atomic E-state index is 12.4. The third-order valence-corrected chi connectivity index (χ3v) is 3.84. The summed E-state index contributed by atoms with van der Waals surface area (Å²) in [7, 11) is 0. The van der Waals surface area contributed by atoms with Crippen LogP contribution in [0.1, 0.15) is 63.4 Å². The molecule has 0 bridgehead atoms. The Hall–Kier alpha value is -2.70. The lowest BCUT2D eigenvalue weighted by atomic mass is 10.0. The van der Waals surface area contributed by atoms with E-state index in [2.05, 4.69) is 10.6 Å². The zero-order chi connectivity index (χ0) is 19.9. The molecule has 1 aromatic carbocycles. The number of amides is 4. The fraction of sp³-hybridized carbons (Fsp3) is 0.474. The molecule has 0 spiro atoms. The molecule has 2 aliphatic rings. The fourth-order valence-electron chi connectivity index (χ4n) is 2.86. The highest BCUT2D eigenvalue weighted by Gasteiger charge is 2.39. The molecule has 0 saturated carbocycles. The molecule has 2 aliphatic heterocycles. The summed E-state index contributed by atoms with van der Waals surface area (Å²) < 4.78 is 0. The molecule has 26 heavy (non-hydrogen) atoms. The lowest BCUT2D eigenvalue weighted by molar-refractivity contribution is -0.137. The van der Waals surface area contributed by atoms with Crippen LogP contribution in [0, 0.1) is 0 Å². The smallest absolute Gasteiger partial charge is 0.255 e. The van der Waals surface area contributed by atoms with Gasteiger partial charge in [0, 0.05) is 31.1 Å². The van der Waals surface area contributed by atoms with Crippen molar-refractivity contribution in [2.24, 2.45) is 0 Å². The highest BCUT2D eigenvalue weighted by molar-refractivity contribution is 6.05. The van der Waals surface area contributed by atoms with Crippen LogP contribution in [-0.2, 0) is 20.9 Å². The number of nitrogens with one attached hydrogen (secondary N) is 2. The molecule has 4 amide bonds. The maximum Gasteiger partial charge on any atom is 0.255 e. The molecular formula is C19H27N3O4. The van der Waals surface area contributed by atoms with Gasteiger partial charge in [0.2, 0.25) is 17.7 Å². The second-order valence-corrected chi connectivity index (χ2v) is 5.45. The number of carbonyl (C=O) groups excluding carboxylic acids is 4. The molecule has 1 fully saturated rings. The zero-order valence-electron chi connectivity index (χ0n) is 16.0. The van der Waals surface area contributed by atoms with Gasteiger partial charge in [-0.1, -0.05) is 27.7 Å². The fourth-order valence-corrected chi connectivity index (χ4v) is 2.86. The standard InChI is InChI=1S/C15H15N3O4.2C2H6/c1-8(19)16-10-2-3-11-9(6-10)7-18(15(11)22)12-4-5-13(20)17-14(12)21;2*1-2/h2-3,6,12H,4-5,7H2,1H3,(H,16,19)(H,17,20,21);2*1-2H3. The van der Waals surface area contributed by atoms with Crippen molar-refractivity contribution < 1.29 is 19.2 Å². The molecule has 1 unspecified atom stereocenters. The number of nitrogens with zero attached hydrogens (tertiary/aromatic N) is 1. The topological polar surface area (TPSA) is 95.6 Å². The first-order valence-electron chi connectivity index (χ1n) is 9.01. The van der Waals surface area contributed by atoms with Crippen molar-refractivity contribution in [1.29, 1.82) is 0 Å². The first kappa shape index (κ1) is 21.3. The molecule has 142 valence electrons. The van der Waals surface area contributed by atoms with E-state index >= 15 is 0 Å². The number of rotatable bonds is 2. The zero-order valence-corrected chi connectivity index (χ0v) is 16.0. The lowest BCUT2D eigenvalue weighted by Gasteiger charge is -2.29. The second kappa shape index (κ2) is 9.70. The Morgan fingerprint density at radius 2 is 1.81 bits per heavy atom. The Morgan fingerprint density at radius 1 is 1.15 bits per heavy atom. The summed E-state index contributed by atoms with van der Waals surface area (Å²) in [6, 6.07) is 4.42. The van der Waals surface area contributed by atoms with E-state index in [4.69, 9.17) is 0 Å². The summed E-state index contributed by atoms with van der Waals surface area (Å²) in [6.45, 7) is 9.71. The average Bonchev–Trinajstić information content (AvgIpc) is 2.94. The van der Waals surface area contributed by atoms with Crippen molar-refractivity contribution in [3.05, 3.63) is 29.3 Å². The number of imide groups is 1. The molecule has 0 aromatic heterocycles. The first-order valence-corrected chi connectivity index (χ1v) is 9.01. The van der Waals surface area contributed by atoms with Crippen LogP contribution < -0.4 is 10.6 Å². The van der Waals surface area contributed by atoms with Crippen LogP contribution in [0.5, 0.6) is 0 Å². The van der Waals surface area contributed by atoms with Crippen molar-refractivity contribution in [2.45, 2.75) is 60.0 Å². The third kappa shape index (κ3) is 4.68. The SMILES string of the molecule is CC.CC.CC(=O)Nc1ccc2c(c1)CN(C1CCC(=O)NC1=O)C2=O. The number of anilines is 1. The van der Waals surface area contributed by atoms with Gasteiger partial charge in [-0.3, -0.25) is 24.5 Å². The summed E-state index contributed by atoms with van der Waals surface area (Å²) >= 11 is 0. The van der Waals surface area contributed by atoms with Gasteiger partial charge in [-0.2, -0.15) is 0 Å². The van der Waals surface area contributed by atoms with E-state index in [0.29, 0.717) is 24.2 Å². The number of carbonyl (C=O) groups is 4. The van der Waals surface area contributed by atoms with Crippen LogP contribution >= 0.6 is 0 Å². The van der Waals surface area contributed by atoms with Gasteiger partial charge in [-0.05, 0) is 30.2 Å². The van der Waals surface area contributed by atoms with Crippen molar-refractivity contribution in [2.75, 3.05) is 5.32 Å². The highest BCUT2D eigenvalue weighted by Crippen LogP contribution is 2.29. The van der Waals surface area contributed by atoms with Crippen LogP contribution in [0.2, 0.25) is 0 Å². The van der Waals surface area contributed by atoms with Crippen LogP contribution in [0.15, 0.2) is 18.2 Å². The monoisotopic (exact) mass is 361 g/mol. The molecule has 1 saturated heterocycles. The van der Waals surface area contributed by atoms with E-state index in [1.165, 1.54) is 11.8 Å². The molecule has 2 N–H and O–H groups in total. The summed E-state index contributed by atoms with van der Waals surface area (Å²) in [5, 5.41) is 4.93. The predicted molar refractivity (Wildman–Crippen MR) is 99.5 cm³/mol. The second-order valence-electron chi connectivity index (χ2n) is 5.45. The molecule has 0 aliphatic carbocycles. The molecule has 7 nitrogen and oxygen atoms in total. The Balaban J connectivity index is 0.000000791. The van der Waals surface area contributed by atoms with Crippen LogP contribution in [0.3, 0.4) is 0 Å². The van der Waals surface area contributed by atoms with Gasteiger partial charge in [-0.15, -0.1) is 0 Å². The third-order valence-electron chi connectivity index (χ3n) is 3.84. The molecule has 2 heterocycles. The van der Waals surface area contributed by atoms with Crippen molar-refractivity contribution >= 4 is 29.3 Å². The molecular weight excluding hydrogens is 334 g/mol. The number of piperidine rings is 1. The maximum absolute atomic E-state index is 12.4. The molecule has 7 heteroatoms. The number of hydrogen-bond donors (Lipinski definition) is 2. The van der Waals surface area contributed by atoms with Crippen LogP contribution in [0.4, 0.5) is 5.69 Å². The minimum Gasteiger partial charge on any atom is -0.326 e. The Kier molecular flexibility index (Phi) is 7.96. The van der Waals surface area contributed by atoms with Gasteiger partial charge < -0.3 is 10.2 Å². The van der Waals surface area contributed by atoms with Crippen molar-refractivity contribution in [1.82, 2.24) is 10.2 Å². The summed E-state index contributed by atoms with van der Waals surface area (Å²) in [4.78, 5) is 48.1. The minimum atomic E-state index is -0.623. The van der Waals surface area contributed by atoms with Gasteiger partial charge in [0.25, 0.3) is 5.91 Å². The molecule has 1 atom stereocenters. The summed E-state index contributed by atoms with van der Waals surface area (Å²) in [5.74, 6) is -1.15. The minimum absolute atomic E-state index is 0.189. The van der Waals surface area contributed by atoms with Gasteiger partial charge in [-0.25, -0.2) is 0 Å². The van der Waals surface area contributed by atoms with Gasteiger partial charge in [0.15, 0.2) is 0 Å². The Morgan fingerprint density at radius 3 is 2.38 bits per heavy atom. The van der Waals surface area contributed by atoms with Crippen molar-refractivity contribution in [3.63, 3.8) is 0 Å². The quantitative estimate of drug-likeness (QED) is 0.791.